The highest BCUT2D eigenvalue weighted by atomic mass is 19.1. The van der Waals surface area contributed by atoms with Gasteiger partial charge in [0.25, 0.3) is 0 Å². The molecule has 124 valence electrons. The minimum absolute atomic E-state index is 0.145. The van der Waals surface area contributed by atoms with Crippen molar-refractivity contribution in [2.24, 2.45) is 11.3 Å². The number of hydrogen-bond acceptors (Lipinski definition) is 2. The summed E-state index contributed by atoms with van der Waals surface area (Å²) in [5.74, 6) is 0.651. The molecule has 22 heavy (non-hydrogen) atoms. The summed E-state index contributed by atoms with van der Waals surface area (Å²) in [6.45, 7) is 14.3. The van der Waals surface area contributed by atoms with Crippen LogP contribution in [0.3, 0.4) is 0 Å². The smallest absolute Gasteiger partial charge is 0.123 e. The van der Waals surface area contributed by atoms with Crippen LogP contribution in [0.2, 0.25) is 0 Å². The molecule has 1 heterocycles. The molecule has 1 aliphatic heterocycles. The van der Waals surface area contributed by atoms with Gasteiger partial charge in [-0.05, 0) is 74.9 Å². The van der Waals surface area contributed by atoms with Crippen LogP contribution in [-0.4, -0.2) is 24.0 Å². The van der Waals surface area contributed by atoms with Crippen LogP contribution < -0.4 is 5.32 Å². The zero-order chi connectivity index (χ0) is 16.3. The molecule has 2 rings (SSSR count). The highest BCUT2D eigenvalue weighted by molar-refractivity contribution is 5.51. The van der Waals surface area contributed by atoms with Crippen molar-refractivity contribution in [2.75, 3.05) is 18.4 Å². The highest BCUT2D eigenvalue weighted by Crippen LogP contribution is 2.35. The molecule has 0 aromatic heterocycles. The normalized spacial score (nSPS) is 18.0. The molecule has 1 N–H and O–H groups in total. The Bertz CT molecular complexity index is 483. The molecule has 1 aliphatic rings. The van der Waals surface area contributed by atoms with Crippen LogP contribution in [0.5, 0.6) is 0 Å². The molecule has 3 heteroatoms. The van der Waals surface area contributed by atoms with Gasteiger partial charge >= 0.3 is 0 Å². The number of hydrogen-bond donors (Lipinski definition) is 1. The van der Waals surface area contributed by atoms with Gasteiger partial charge in [-0.15, -0.1) is 0 Å². The molecule has 0 radical (unpaired) electrons. The molecule has 0 amide bonds. The number of piperidine rings is 1. The van der Waals surface area contributed by atoms with Gasteiger partial charge in [0, 0.05) is 18.3 Å². The molecule has 1 aromatic carbocycles. The van der Waals surface area contributed by atoms with Gasteiger partial charge in [0.05, 0.1) is 0 Å². The number of rotatable bonds is 4. The molecular formula is C19H31FN2. The summed E-state index contributed by atoms with van der Waals surface area (Å²) in [7, 11) is 0. The molecule has 2 nitrogen and oxygen atoms in total. The number of nitrogens with zero attached hydrogens (tertiary/aromatic N) is 1. The number of anilines is 1. The first-order valence-corrected chi connectivity index (χ1v) is 8.53. The molecular weight excluding hydrogens is 275 g/mol. The van der Waals surface area contributed by atoms with Crippen LogP contribution in [-0.2, 0) is 6.54 Å². The van der Waals surface area contributed by atoms with Gasteiger partial charge < -0.3 is 5.32 Å². The van der Waals surface area contributed by atoms with E-state index in [9.17, 15) is 4.39 Å². The van der Waals surface area contributed by atoms with E-state index < -0.39 is 0 Å². The van der Waals surface area contributed by atoms with Gasteiger partial charge in [-0.2, -0.15) is 0 Å². The predicted octanol–water partition coefficient (Wildman–Crippen LogP) is 4.90. The zero-order valence-corrected chi connectivity index (χ0v) is 14.7. The van der Waals surface area contributed by atoms with Crippen molar-refractivity contribution < 1.29 is 4.39 Å². The Kier molecular flexibility index (Phi) is 5.49. The lowest BCUT2D eigenvalue weighted by Crippen LogP contribution is -2.37. The summed E-state index contributed by atoms with van der Waals surface area (Å²) in [5.41, 5.74) is 2.53. The van der Waals surface area contributed by atoms with E-state index >= 15 is 0 Å². The van der Waals surface area contributed by atoms with Gasteiger partial charge in [0.2, 0.25) is 0 Å². The maximum Gasteiger partial charge on any atom is 0.123 e. The van der Waals surface area contributed by atoms with Gasteiger partial charge in [0.1, 0.15) is 5.82 Å². The van der Waals surface area contributed by atoms with Crippen LogP contribution in [0, 0.1) is 17.2 Å². The molecule has 1 aromatic rings. The second-order valence-corrected chi connectivity index (χ2v) is 8.02. The molecule has 0 aliphatic carbocycles. The third-order valence-electron chi connectivity index (χ3n) is 4.72. The minimum atomic E-state index is -0.145. The van der Waals surface area contributed by atoms with E-state index in [4.69, 9.17) is 0 Å². The molecule has 1 fully saturated rings. The minimum Gasteiger partial charge on any atom is -0.383 e. The van der Waals surface area contributed by atoms with Gasteiger partial charge in [-0.1, -0.05) is 20.8 Å². The van der Waals surface area contributed by atoms with E-state index in [1.54, 1.807) is 12.1 Å². The monoisotopic (exact) mass is 306 g/mol. The Morgan fingerprint density at radius 3 is 2.41 bits per heavy atom. The van der Waals surface area contributed by atoms with Crippen molar-refractivity contribution in [2.45, 2.75) is 60.0 Å². The Morgan fingerprint density at radius 2 is 1.86 bits per heavy atom. The zero-order valence-electron chi connectivity index (χ0n) is 14.7. The fourth-order valence-electron chi connectivity index (χ4n) is 3.34. The standard InChI is InChI=1S/C19H31FN2/c1-14(2)21-18-7-6-17(20)12-15(18)13-22-10-8-16(9-11-22)19(3,4)5/h6-7,12,14,16,21H,8-11,13H2,1-5H3. The largest absolute Gasteiger partial charge is 0.383 e. The quantitative estimate of drug-likeness (QED) is 0.850. The van der Waals surface area contributed by atoms with Crippen LogP contribution in [0.25, 0.3) is 0 Å². The topological polar surface area (TPSA) is 15.3 Å². The van der Waals surface area contributed by atoms with Crippen LogP contribution in [0.4, 0.5) is 10.1 Å². The Morgan fingerprint density at radius 1 is 1.23 bits per heavy atom. The summed E-state index contributed by atoms with van der Waals surface area (Å²) < 4.78 is 13.6. The first-order chi connectivity index (χ1) is 10.3. The second kappa shape index (κ2) is 6.99. The summed E-state index contributed by atoms with van der Waals surface area (Å²) in [6, 6.07) is 5.45. The summed E-state index contributed by atoms with van der Waals surface area (Å²) in [5, 5.41) is 3.43. The van der Waals surface area contributed by atoms with Crippen LogP contribution in [0.15, 0.2) is 18.2 Å². The predicted molar refractivity (Wildman–Crippen MR) is 92.6 cm³/mol. The van der Waals surface area contributed by atoms with Crippen LogP contribution >= 0.6 is 0 Å². The molecule has 0 saturated carbocycles. The second-order valence-electron chi connectivity index (χ2n) is 8.02. The first-order valence-electron chi connectivity index (χ1n) is 8.53. The maximum atomic E-state index is 13.6. The van der Waals surface area contributed by atoms with Crippen molar-refractivity contribution in [3.8, 4) is 0 Å². The molecule has 1 saturated heterocycles. The lowest BCUT2D eigenvalue weighted by atomic mass is 9.75. The molecule has 0 unspecified atom stereocenters. The van der Waals surface area contributed by atoms with Crippen molar-refractivity contribution in [3.63, 3.8) is 0 Å². The summed E-state index contributed by atoms with van der Waals surface area (Å²) in [6.07, 6.45) is 2.48. The van der Waals surface area contributed by atoms with E-state index in [2.05, 4.69) is 44.8 Å². The number of benzene rings is 1. The lowest BCUT2D eigenvalue weighted by Gasteiger charge is -2.39. The van der Waals surface area contributed by atoms with Gasteiger partial charge in [-0.25, -0.2) is 4.39 Å². The fourth-order valence-corrected chi connectivity index (χ4v) is 3.34. The van der Waals surface area contributed by atoms with E-state index in [1.165, 1.54) is 12.8 Å². The summed E-state index contributed by atoms with van der Waals surface area (Å²) in [4.78, 5) is 2.46. The molecule has 0 spiro atoms. The van der Waals surface area contributed by atoms with Gasteiger partial charge in [-0.3, -0.25) is 4.90 Å². The van der Waals surface area contributed by atoms with E-state index in [1.807, 2.05) is 6.07 Å². The van der Waals surface area contributed by atoms with Crippen molar-refractivity contribution in [1.29, 1.82) is 0 Å². The Labute approximate surface area is 135 Å². The fraction of sp³-hybridized carbons (Fsp3) is 0.684. The average molecular weight is 306 g/mol. The van der Waals surface area contributed by atoms with Crippen molar-refractivity contribution in [1.82, 2.24) is 4.90 Å². The third kappa shape index (κ3) is 4.70. The molecule has 0 bridgehead atoms. The summed E-state index contributed by atoms with van der Waals surface area (Å²) >= 11 is 0. The maximum absolute atomic E-state index is 13.6. The SMILES string of the molecule is CC(C)Nc1ccc(F)cc1CN1CCC(C(C)(C)C)CC1. The number of likely N-dealkylation sites (tertiary alicyclic amines) is 1. The van der Waals surface area contributed by atoms with E-state index in [0.717, 1.165) is 36.8 Å². The first kappa shape index (κ1) is 17.3. The highest BCUT2D eigenvalue weighted by Gasteiger charge is 2.28. The molecule has 0 atom stereocenters. The Hall–Kier alpha value is -1.09. The van der Waals surface area contributed by atoms with Crippen LogP contribution in [0.1, 0.15) is 53.0 Å². The average Bonchev–Trinajstić information content (AvgIpc) is 2.41. The van der Waals surface area contributed by atoms with Gasteiger partial charge in [0.15, 0.2) is 0 Å². The van der Waals surface area contributed by atoms with E-state index in [0.29, 0.717) is 11.5 Å². The van der Waals surface area contributed by atoms with Crippen molar-refractivity contribution >= 4 is 5.69 Å². The Balaban J connectivity index is 2.01. The number of nitrogens with one attached hydrogen (secondary N) is 1. The van der Waals surface area contributed by atoms with E-state index in [-0.39, 0.29) is 5.82 Å². The lowest BCUT2D eigenvalue weighted by molar-refractivity contribution is 0.108. The van der Waals surface area contributed by atoms with Crippen molar-refractivity contribution in [3.05, 3.63) is 29.6 Å². The number of halogens is 1. The third-order valence-corrected chi connectivity index (χ3v) is 4.72.